The lowest BCUT2D eigenvalue weighted by atomic mass is 10.2. The maximum absolute atomic E-state index is 12.6. The van der Waals surface area contributed by atoms with E-state index in [4.69, 9.17) is 4.74 Å². The van der Waals surface area contributed by atoms with Crippen LogP contribution in [0.3, 0.4) is 0 Å². The molecular weight excluding hydrogens is 357 g/mol. The highest BCUT2D eigenvalue weighted by atomic mass is 35.5. The molecule has 0 saturated carbocycles. The Bertz CT molecular complexity index is 605. The van der Waals surface area contributed by atoms with Gasteiger partial charge >= 0.3 is 6.18 Å². The summed E-state index contributed by atoms with van der Waals surface area (Å²) in [5, 5.41) is 0. The van der Waals surface area contributed by atoms with Crippen molar-refractivity contribution in [3.05, 3.63) is 29.8 Å². The van der Waals surface area contributed by atoms with Crippen LogP contribution >= 0.6 is 0 Å². The number of hydrogen-bond acceptors (Lipinski definition) is 4. The van der Waals surface area contributed by atoms with Crippen molar-refractivity contribution in [2.75, 3.05) is 39.4 Å². The molecule has 0 amide bonds. The molecule has 1 aliphatic rings. The predicted molar refractivity (Wildman–Crippen MR) is 73.9 cm³/mol. The zero-order valence-electron chi connectivity index (χ0n) is 12.1. The van der Waals surface area contributed by atoms with Crippen LogP contribution < -0.4 is 17.1 Å². The van der Waals surface area contributed by atoms with Crippen molar-refractivity contribution in [2.24, 2.45) is 0 Å². The van der Waals surface area contributed by atoms with E-state index in [0.29, 0.717) is 38.9 Å². The molecule has 1 heterocycles. The molecule has 23 heavy (non-hydrogen) atoms. The molecule has 1 aromatic carbocycles. The Morgan fingerprint density at radius 3 is 2.48 bits per heavy atom. The molecule has 1 N–H and O–H groups in total. The zero-order valence-corrected chi connectivity index (χ0v) is 13.7. The average Bonchev–Trinajstić information content (AvgIpc) is 2.47. The molecule has 0 atom stereocenters. The van der Waals surface area contributed by atoms with Gasteiger partial charge in [0.25, 0.3) is 0 Å². The molecule has 0 radical (unpaired) electrons. The first kappa shape index (κ1) is 20.2. The van der Waals surface area contributed by atoms with Gasteiger partial charge < -0.3 is 17.1 Å². The Hall–Kier alpha value is -0.870. The molecule has 1 aliphatic heterocycles. The Labute approximate surface area is 139 Å². The minimum Gasteiger partial charge on any atom is -1.00 e. The fourth-order valence-corrected chi connectivity index (χ4v) is 3.15. The maximum Gasteiger partial charge on any atom is 0.416 e. The van der Waals surface area contributed by atoms with E-state index in [1.165, 1.54) is 0 Å². The predicted octanol–water partition coefficient (Wildman–Crippen LogP) is -1.68. The normalized spacial score (nSPS) is 16.8. The fraction of sp³-hybridized carbons (Fsp3) is 0.538. The summed E-state index contributed by atoms with van der Waals surface area (Å²) in [5.74, 6) is 0. The summed E-state index contributed by atoms with van der Waals surface area (Å²) in [6.07, 6.45) is -4.57. The van der Waals surface area contributed by atoms with Gasteiger partial charge in [-0.2, -0.15) is 13.2 Å². The van der Waals surface area contributed by atoms with Gasteiger partial charge in [0.1, 0.15) is 0 Å². The van der Waals surface area contributed by atoms with E-state index in [0.717, 1.165) is 18.2 Å². The highest BCUT2D eigenvalue weighted by Gasteiger charge is 2.31. The second-order valence-corrected chi connectivity index (χ2v) is 6.64. The van der Waals surface area contributed by atoms with Gasteiger partial charge in [-0.3, -0.25) is 4.90 Å². The molecule has 1 aromatic rings. The maximum atomic E-state index is 12.6. The molecule has 0 aliphatic carbocycles. The average molecular weight is 374 g/mol. The second-order valence-electron chi connectivity index (χ2n) is 4.88. The lowest BCUT2D eigenvalue weighted by Crippen LogP contribution is -3.00. The monoisotopic (exact) mass is 373 g/mol. The van der Waals surface area contributed by atoms with Crippen molar-refractivity contribution in [2.45, 2.75) is 11.1 Å². The van der Waals surface area contributed by atoms with E-state index in [-0.39, 0.29) is 23.8 Å². The van der Waals surface area contributed by atoms with E-state index in [1.807, 2.05) is 4.90 Å². The summed E-state index contributed by atoms with van der Waals surface area (Å²) in [7, 11) is -3.95. The first-order valence-electron chi connectivity index (χ1n) is 6.76. The lowest BCUT2D eigenvalue weighted by Gasteiger charge is -2.26. The summed E-state index contributed by atoms with van der Waals surface area (Å²) < 4.78 is 69.4. The van der Waals surface area contributed by atoms with Crippen LogP contribution in [0.25, 0.3) is 0 Å². The largest absolute Gasteiger partial charge is 1.00 e. The van der Waals surface area contributed by atoms with Crippen molar-refractivity contribution in [3.63, 3.8) is 0 Å². The summed E-state index contributed by atoms with van der Waals surface area (Å²) in [5.41, 5.74) is -0.983. The number of benzene rings is 1. The SMILES string of the molecule is O=S(=O)(NCCN1CCOCC1)c1cccc(C(F)(F)F)c1.[Cl-]. The van der Waals surface area contributed by atoms with Gasteiger partial charge in [-0.15, -0.1) is 0 Å². The van der Waals surface area contributed by atoms with Crippen LogP contribution in [0.4, 0.5) is 13.2 Å². The zero-order chi connectivity index (χ0) is 16.2. The van der Waals surface area contributed by atoms with Gasteiger partial charge in [-0.05, 0) is 18.2 Å². The Morgan fingerprint density at radius 1 is 1.22 bits per heavy atom. The highest BCUT2D eigenvalue weighted by molar-refractivity contribution is 7.89. The Morgan fingerprint density at radius 2 is 1.87 bits per heavy atom. The third kappa shape index (κ3) is 5.92. The van der Waals surface area contributed by atoms with E-state index >= 15 is 0 Å². The molecule has 5 nitrogen and oxygen atoms in total. The van der Waals surface area contributed by atoms with Gasteiger partial charge in [0.15, 0.2) is 0 Å². The van der Waals surface area contributed by atoms with E-state index in [1.54, 1.807) is 0 Å². The van der Waals surface area contributed by atoms with Gasteiger partial charge in [-0.25, -0.2) is 13.1 Å². The number of hydrogen-bond donors (Lipinski definition) is 1. The van der Waals surface area contributed by atoms with Crippen LogP contribution in [-0.4, -0.2) is 52.7 Å². The van der Waals surface area contributed by atoms with Crippen LogP contribution in [0.5, 0.6) is 0 Å². The van der Waals surface area contributed by atoms with E-state index in [2.05, 4.69) is 4.72 Å². The van der Waals surface area contributed by atoms with Crippen LogP contribution in [0.2, 0.25) is 0 Å². The molecular formula is C13H17ClF3N2O3S-. The van der Waals surface area contributed by atoms with Crippen LogP contribution in [0, 0.1) is 0 Å². The van der Waals surface area contributed by atoms with E-state index < -0.39 is 21.8 Å². The summed E-state index contributed by atoms with van der Waals surface area (Å²) in [4.78, 5) is 1.64. The molecule has 10 heteroatoms. The quantitative estimate of drug-likeness (QED) is 0.670. The van der Waals surface area contributed by atoms with Crippen molar-refractivity contribution in [1.82, 2.24) is 9.62 Å². The fourth-order valence-electron chi connectivity index (χ4n) is 2.09. The van der Waals surface area contributed by atoms with Crippen molar-refractivity contribution in [1.29, 1.82) is 0 Å². The molecule has 0 bridgehead atoms. The van der Waals surface area contributed by atoms with Crippen LogP contribution in [-0.2, 0) is 20.9 Å². The Balaban J connectivity index is 0.00000264. The molecule has 0 unspecified atom stereocenters. The lowest BCUT2D eigenvalue weighted by molar-refractivity contribution is -0.137. The smallest absolute Gasteiger partial charge is 0.416 e. The minimum absolute atomic E-state index is 0. The molecule has 1 fully saturated rings. The van der Waals surface area contributed by atoms with Crippen LogP contribution in [0.1, 0.15) is 5.56 Å². The Kier molecular flexibility index (Phi) is 7.28. The first-order valence-corrected chi connectivity index (χ1v) is 8.24. The molecule has 0 spiro atoms. The topological polar surface area (TPSA) is 58.6 Å². The van der Waals surface area contributed by atoms with Crippen molar-refractivity contribution in [3.8, 4) is 0 Å². The molecule has 2 rings (SSSR count). The number of nitrogens with zero attached hydrogens (tertiary/aromatic N) is 1. The van der Waals surface area contributed by atoms with Gasteiger partial charge in [0.2, 0.25) is 10.0 Å². The number of morpholine rings is 1. The number of halogens is 4. The number of rotatable bonds is 5. The van der Waals surface area contributed by atoms with Crippen molar-refractivity contribution >= 4 is 10.0 Å². The number of alkyl halides is 3. The number of nitrogens with one attached hydrogen (secondary N) is 1. The summed E-state index contributed by atoms with van der Waals surface area (Å²) >= 11 is 0. The first-order chi connectivity index (χ1) is 10.3. The molecule has 132 valence electrons. The summed E-state index contributed by atoms with van der Waals surface area (Å²) in [6, 6.07) is 3.70. The van der Waals surface area contributed by atoms with Crippen LogP contribution in [0.15, 0.2) is 29.2 Å². The standard InChI is InChI=1S/C13H17F3N2O3S.ClH/c14-13(15,16)11-2-1-3-12(10-11)22(19,20)17-4-5-18-6-8-21-9-7-18;/h1-3,10,17H,4-9H2;1H/p-1. The highest BCUT2D eigenvalue weighted by Crippen LogP contribution is 2.30. The third-order valence-electron chi connectivity index (χ3n) is 3.30. The summed E-state index contributed by atoms with van der Waals surface area (Å²) in [6.45, 7) is 3.25. The molecule has 0 aromatic heterocycles. The number of ether oxygens (including phenoxy) is 1. The minimum atomic E-state index is -4.57. The van der Waals surface area contributed by atoms with Gasteiger partial charge in [0.05, 0.1) is 23.7 Å². The van der Waals surface area contributed by atoms with Gasteiger partial charge in [0, 0.05) is 26.2 Å². The van der Waals surface area contributed by atoms with Crippen molar-refractivity contribution < 1.29 is 38.7 Å². The van der Waals surface area contributed by atoms with E-state index in [9.17, 15) is 21.6 Å². The molecule has 1 saturated heterocycles. The second kappa shape index (κ2) is 8.29. The van der Waals surface area contributed by atoms with Gasteiger partial charge in [-0.1, -0.05) is 6.07 Å². The third-order valence-corrected chi connectivity index (χ3v) is 4.75. The number of sulfonamides is 1.